The van der Waals surface area contributed by atoms with Gasteiger partial charge in [-0.2, -0.15) is 0 Å². The monoisotopic (exact) mass is 539 g/mol. The Balaban J connectivity index is 1.76. The Labute approximate surface area is 229 Å². The molecule has 4 rings (SSSR count). The van der Waals surface area contributed by atoms with E-state index < -0.39 is 17.7 Å². The van der Waals surface area contributed by atoms with Crippen molar-refractivity contribution in [2.75, 3.05) is 46.7 Å². The first kappa shape index (κ1) is 28.3. The number of likely N-dealkylation sites (tertiary alicyclic amines) is 1. The molecule has 2 aromatic rings. The average molecular weight is 540 g/mol. The van der Waals surface area contributed by atoms with Crippen molar-refractivity contribution in [1.29, 1.82) is 0 Å². The smallest absolute Gasteiger partial charge is 0.295 e. The second kappa shape index (κ2) is 13.4. The zero-order valence-corrected chi connectivity index (χ0v) is 22.9. The molecule has 39 heavy (non-hydrogen) atoms. The molecule has 0 bridgehead atoms. The number of carbonyl (C=O) groups excluding carboxylic acids is 2. The molecule has 9 heteroatoms. The summed E-state index contributed by atoms with van der Waals surface area (Å²) in [5.41, 5.74) is 1.00. The number of methoxy groups -OCH3 is 1. The van der Waals surface area contributed by atoms with Crippen molar-refractivity contribution in [3.05, 3.63) is 53.1 Å². The summed E-state index contributed by atoms with van der Waals surface area (Å²) in [7, 11) is 1.58. The molecule has 2 aliphatic heterocycles. The molecular weight excluding hydrogens is 502 g/mol. The lowest BCUT2D eigenvalue weighted by Crippen LogP contribution is -2.31. The van der Waals surface area contributed by atoms with Crippen molar-refractivity contribution in [2.24, 2.45) is 0 Å². The minimum absolute atomic E-state index is 0.00755. The third-order valence-corrected chi connectivity index (χ3v) is 6.69. The van der Waals surface area contributed by atoms with Crippen LogP contribution in [0.25, 0.3) is 5.76 Å². The second-order valence-electron chi connectivity index (χ2n) is 9.39. The zero-order valence-electron chi connectivity index (χ0n) is 22.9. The van der Waals surface area contributed by atoms with E-state index in [1.54, 1.807) is 37.4 Å². The number of ether oxygens (including phenoxy) is 5. The lowest BCUT2D eigenvalue weighted by atomic mass is 9.94. The number of fused-ring (bicyclic) bond motifs is 1. The highest BCUT2D eigenvalue weighted by molar-refractivity contribution is 6.46. The van der Waals surface area contributed by atoms with Crippen LogP contribution in [0.1, 0.15) is 56.7 Å². The van der Waals surface area contributed by atoms with Crippen LogP contribution in [-0.2, 0) is 14.3 Å². The van der Waals surface area contributed by atoms with Crippen molar-refractivity contribution in [1.82, 2.24) is 4.90 Å². The number of aliphatic hydroxyl groups excluding tert-OH is 1. The van der Waals surface area contributed by atoms with Gasteiger partial charge in [0.1, 0.15) is 19.0 Å². The number of hydrogen-bond acceptors (Lipinski definition) is 8. The third-order valence-electron chi connectivity index (χ3n) is 6.69. The Hall–Kier alpha value is -3.72. The highest BCUT2D eigenvalue weighted by Gasteiger charge is 2.46. The molecule has 0 radical (unpaired) electrons. The number of rotatable bonds is 13. The number of nitrogens with zero attached hydrogens (tertiary/aromatic N) is 1. The van der Waals surface area contributed by atoms with Gasteiger partial charge >= 0.3 is 0 Å². The van der Waals surface area contributed by atoms with Crippen LogP contribution < -0.4 is 18.9 Å². The van der Waals surface area contributed by atoms with Gasteiger partial charge in [-0.1, -0.05) is 25.8 Å². The molecule has 0 aromatic heterocycles. The molecule has 2 aromatic carbocycles. The van der Waals surface area contributed by atoms with Crippen molar-refractivity contribution in [3.8, 4) is 23.0 Å². The van der Waals surface area contributed by atoms with Gasteiger partial charge in [0.05, 0.1) is 24.8 Å². The lowest BCUT2D eigenvalue weighted by molar-refractivity contribution is -0.140. The molecular formula is C30H37NO8. The number of Topliss-reactive ketones (excluding diaryl/α,β-unsaturated/α-hetero) is 1. The van der Waals surface area contributed by atoms with Gasteiger partial charge < -0.3 is 33.7 Å². The molecule has 0 unspecified atom stereocenters. The Morgan fingerprint density at radius 1 is 0.949 bits per heavy atom. The quantitative estimate of drug-likeness (QED) is 0.166. The number of amides is 1. The number of ketones is 1. The van der Waals surface area contributed by atoms with Gasteiger partial charge in [0.25, 0.3) is 11.7 Å². The Bertz CT molecular complexity index is 1210. The number of benzene rings is 2. The lowest BCUT2D eigenvalue weighted by Gasteiger charge is -2.26. The normalized spacial score (nSPS) is 17.9. The fourth-order valence-corrected chi connectivity index (χ4v) is 4.80. The SMILES string of the molecule is CCCCCOc1ccc([C@@H]2C(=C(O)c3ccc4c(c3)OCCO4)C(=O)C(=O)N2CCCOC)cc1OCC. The summed E-state index contributed by atoms with van der Waals surface area (Å²) >= 11 is 0. The fraction of sp³-hybridized carbons (Fsp3) is 0.467. The van der Waals surface area contributed by atoms with E-state index in [0.717, 1.165) is 19.3 Å². The van der Waals surface area contributed by atoms with Gasteiger partial charge in [-0.15, -0.1) is 0 Å². The van der Waals surface area contributed by atoms with Crippen LogP contribution in [0.3, 0.4) is 0 Å². The summed E-state index contributed by atoms with van der Waals surface area (Å²) in [6.45, 7) is 6.51. The van der Waals surface area contributed by atoms with Gasteiger partial charge in [0.2, 0.25) is 0 Å². The van der Waals surface area contributed by atoms with Crippen molar-refractivity contribution in [3.63, 3.8) is 0 Å². The van der Waals surface area contributed by atoms with Crippen LogP contribution in [0.2, 0.25) is 0 Å². The molecule has 0 aliphatic carbocycles. The van der Waals surface area contributed by atoms with E-state index in [4.69, 9.17) is 23.7 Å². The van der Waals surface area contributed by atoms with E-state index in [1.807, 2.05) is 13.0 Å². The summed E-state index contributed by atoms with van der Waals surface area (Å²) in [5, 5.41) is 11.4. The van der Waals surface area contributed by atoms with Crippen LogP contribution in [0.15, 0.2) is 42.0 Å². The molecule has 1 amide bonds. The molecule has 1 fully saturated rings. The van der Waals surface area contributed by atoms with Crippen molar-refractivity contribution >= 4 is 17.4 Å². The summed E-state index contributed by atoms with van der Waals surface area (Å²) in [6.07, 6.45) is 3.61. The van der Waals surface area contributed by atoms with Crippen molar-refractivity contribution in [2.45, 2.75) is 45.6 Å². The van der Waals surface area contributed by atoms with Gasteiger partial charge in [-0.25, -0.2) is 0 Å². The topological polar surface area (TPSA) is 104 Å². The predicted octanol–water partition coefficient (Wildman–Crippen LogP) is 4.88. The van der Waals surface area contributed by atoms with Crippen LogP contribution >= 0.6 is 0 Å². The van der Waals surface area contributed by atoms with E-state index in [9.17, 15) is 14.7 Å². The summed E-state index contributed by atoms with van der Waals surface area (Å²) in [5.74, 6) is 0.455. The fourth-order valence-electron chi connectivity index (χ4n) is 4.80. The Morgan fingerprint density at radius 3 is 2.49 bits per heavy atom. The van der Waals surface area contributed by atoms with Crippen LogP contribution in [0.4, 0.5) is 0 Å². The Morgan fingerprint density at radius 2 is 1.74 bits per heavy atom. The van der Waals surface area contributed by atoms with E-state index in [2.05, 4.69) is 6.92 Å². The van der Waals surface area contributed by atoms with Gasteiger partial charge in [-0.05, 0) is 55.7 Å². The molecule has 210 valence electrons. The molecule has 1 N–H and O–H groups in total. The molecule has 2 heterocycles. The molecule has 0 saturated carbocycles. The summed E-state index contributed by atoms with van der Waals surface area (Å²) < 4.78 is 28.3. The molecule has 1 atom stereocenters. The van der Waals surface area contributed by atoms with Crippen LogP contribution in [-0.4, -0.2) is 68.4 Å². The van der Waals surface area contributed by atoms with E-state index in [0.29, 0.717) is 73.6 Å². The third kappa shape index (κ3) is 6.30. The highest BCUT2D eigenvalue weighted by atomic mass is 16.6. The first-order valence-corrected chi connectivity index (χ1v) is 13.6. The average Bonchev–Trinajstić information content (AvgIpc) is 3.20. The Kier molecular flexibility index (Phi) is 9.70. The number of carbonyl (C=O) groups is 2. The summed E-state index contributed by atoms with van der Waals surface area (Å²) in [6, 6.07) is 9.54. The minimum atomic E-state index is -0.816. The summed E-state index contributed by atoms with van der Waals surface area (Å²) in [4.78, 5) is 28.1. The molecule has 1 saturated heterocycles. The van der Waals surface area contributed by atoms with E-state index in [-0.39, 0.29) is 17.9 Å². The predicted molar refractivity (Wildman–Crippen MR) is 146 cm³/mol. The van der Waals surface area contributed by atoms with Crippen molar-refractivity contribution < 1.29 is 38.4 Å². The second-order valence-corrected chi connectivity index (χ2v) is 9.39. The van der Waals surface area contributed by atoms with E-state index in [1.165, 1.54) is 4.90 Å². The van der Waals surface area contributed by atoms with Crippen LogP contribution in [0.5, 0.6) is 23.0 Å². The maximum Gasteiger partial charge on any atom is 0.295 e. The number of unbranched alkanes of at least 4 members (excludes halogenated alkanes) is 2. The van der Waals surface area contributed by atoms with E-state index >= 15 is 0 Å². The number of aliphatic hydroxyl groups is 1. The maximum atomic E-state index is 13.4. The maximum absolute atomic E-state index is 13.4. The molecule has 2 aliphatic rings. The number of hydrogen-bond donors (Lipinski definition) is 1. The highest BCUT2D eigenvalue weighted by Crippen LogP contribution is 2.43. The van der Waals surface area contributed by atoms with Gasteiger partial charge in [-0.3, -0.25) is 9.59 Å². The molecule has 0 spiro atoms. The zero-order chi connectivity index (χ0) is 27.8. The largest absolute Gasteiger partial charge is 0.507 e. The standard InChI is InChI=1S/C30H37NO8/c1-4-6-7-15-37-22-11-9-20(18-24(22)36-5-2)27-26(29(33)30(34)31(27)13-8-14-35-3)28(32)21-10-12-23-25(19-21)39-17-16-38-23/h9-12,18-19,27,32H,4-8,13-17H2,1-3H3/t27-/m1/s1. The first-order valence-electron chi connectivity index (χ1n) is 13.6. The van der Waals surface area contributed by atoms with Gasteiger partial charge in [0.15, 0.2) is 23.0 Å². The van der Waals surface area contributed by atoms with Crippen LogP contribution in [0, 0.1) is 0 Å². The minimum Gasteiger partial charge on any atom is -0.507 e. The molecule has 9 nitrogen and oxygen atoms in total. The van der Waals surface area contributed by atoms with Gasteiger partial charge in [0, 0.05) is 25.8 Å². The first-order chi connectivity index (χ1) is 19.0.